The summed E-state index contributed by atoms with van der Waals surface area (Å²) in [6.07, 6.45) is 4.97. The van der Waals surface area contributed by atoms with Crippen molar-refractivity contribution < 1.29 is 9.90 Å². The van der Waals surface area contributed by atoms with Crippen molar-refractivity contribution in [3.8, 4) is 0 Å². The molecule has 0 unspecified atom stereocenters. The van der Waals surface area contributed by atoms with E-state index in [9.17, 15) is 9.59 Å². The van der Waals surface area contributed by atoms with Gasteiger partial charge in [0.25, 0.3) is 5.56 Å². The quantitative estimate of drug-likeness (QED) is 0.791. The van der Waals surface area contributed by atoms with Crippen LogP contribution in [-0.4, -0.2) is 25.3 Å². The van der Waals surface area contributed by atoms with Gasteiger partial charge in [-0.1, -0.05) is 6.07 Å². The second-order valence-electron chi connectivity index (χ2n) is 4.84. The fraction of sp³-hybridized carbons (Fsp3) is 0.133. The van der Waals surface area contributed by atoms with E-state index in [1.807, 2.05) is 6.92 Å². The van der Waals surface area contributed by atoms with E-state index in [-0.39, 0.29) is 11.1 Å². The van der Waals surface area contributed by atoms with Crippen molar-refractivity contribution in [3.05, 3.63) is 69.9 Å². The predicted molar refractivity (Wildman–Crippen MR) is 76.7 cm³/mol. The molecule has 0 aliphatic carbocycles. The number of hydrogen-bond acceptors (Lipinski definition) is 3. The van der Waals surface area contributed by atoms with Crippen molar-refractivity contribution in [2.24, 2.45) is 0 Å². The van der Waals surface area contributed by atoms with Gasteiger partial charge in [-0.2, -0.15) is 5.10 Å². The second kappa shape index (κ2) is 4.90. The highest BCUT2D eigenvalue weighted by Crippen LogP contribution is 2.12. The zero-order valence-corrected chi connectivity index (χ0v) is 11.4. The molecule has 3 rings (SSSR count). The molecule has 0 saturated carbocycles. The zero-order chi connectivity index (χ0) is 15.0. The molecule has 2 aromatic heterocycles. The largest absolute Gasteiger partial charge is 0.478 e. The summed E-state index contributed by atoms with van der Waals surface area (Å²) in [6, 6.07) is 6.57. The monoisotopic (exact) mass is 283 g/mol. The summed E-state index contributed by atoms with van der Waals surface area (Å²) in [4.78, 5) is 23.2. The van der Waals surface area contributed by atoms with Gasteiger partial charge in [-0.3, -0.25) is 4.79 Å². The van der Waals surface area contributed by atoms with E-state index in [0.29, 0.717) is 12.1 Å². The number of carboxylic acid groups (broad SMARTS) is 1. The molecule has 0 saturated heterocycles. The Balaban J connectivity index is 2.00. The lowest BCUT2D eigenvalue weighted by Crippen LogP contribution is -2.22. The van der Waals surface area contributed by atoms with Crippen molar-refractivity contribution in [3.63, 3.8) is 0 Å². The summed E-state index contributed by atoms with van der Waals surface area (Å²) in [5.74, 6) is -0.956. The van der Waals surface area contributed by atoms with Gasteiger partial charge in [0.1, 0.15) is 5.52 Å². The third kappa shape index (κ3) is 2.31. The first-order chi connectivity index (χ1) is 10.1. The maximum atomic E-state index is 12.3. The Morgan fingerprint density at radius 1 is 1.29 bits per heavy atom. The first-order valence-electron chi connectivity index (χ1n) is 6.42. The van der Waals surface area contributed by atoms with Crippen LogP contribution < -0.4 is 5.56 Å². The Hall–Kier alpha value is -2.89. The standard InChI is InChI=1S/C15H13N3O3/c1-10-8-11(15(20)21)2-3-12(10)9-17-6-7-18-13(14(17)19)4-5-16-18/h2-8H,9H2,1H3,(H,20,21). The van der Waals surface area contributed by atoms with Gasteiger partial charge < -0.3 is 9.67 Å². The lowest BCUT2D eigenvalue weighted by molar-refractivity contribution is 0.0697. The molecule has 0 fully saturated rings. The molecule has 21 heavy (non-hydrogen) atoms. The number of carbonyl (C=O) groups is 1. The van der Waals surface area contributed by atoms with Crippen LogP contribution in [0.25, 0.3) is 5.52 Å². The molecule has 6 heteroatoms. The van der Waals surface area contributed by atoms with Crippen LogP contribution in [0.4, 0.5) is 0 Å². The maximum Gasteiger partial charge on any atom is 0.335 e. The summed E-state index contributed by atoms with van der Waals surface area (Å²) in [5.41, 5.74) is 2.38. The van der Waals surface area contributed by atoms with Crippen LogP contribution >= 0.6 is 0 Å². The van der Waals surface area contributed by atoms with Crippen LogP contribution in [0.2, 0.25) is 0 Å². The summed E-state index contributed by atoms with van der Waals surface area (Å²) in [5, 5.41) is 13.0. The smallest absolute Gasteiger partial charge is 0.335 e. The minimum Gasteiger partial charge on any atom is -0.478 e. The Labute approximate surface area is 119 Å². The van der Waals surface area contributed by atoms with Crippen LogP contribution in [0.5, 0.6) is 0 Å². The number of fused-ring (bicyclic) bond motifs is 1. The number of benzene rings is 1. The summed E-state index contributed by atoms with van der Waals surface area (Å²) >= 11 is 0. The fourth-order valence-electron chi connectivity index (χ4n) is 2.28. The average molecular weight is 283 g/mol. The van der Waals surface area contributed by atoms with E-state index in [0.717, 1.165) is 11.1 Å². The van der Waals surface area contributed by atoms with Gasteiger partial charge in [0.15, 0.2) is 0 Å². The Morgan fingerprint density at radius 3 is 2.81 bits per heavy atom. The predicted octanol–water partition coefficient (Wildman–Crippen LogP) is 1.55. The number of hydrogen-bond donors (Lipinski definition) is 1. The van der Waals surface area contributed by atoms with E-state index in [2.05, 4.69) is 5.10 Å². The number of carboxylic acids is 1. The lowest BCUT2D eigenvalue weighted by Gasteiger charge is -2.09. The first kappa shape index (κ1) is 13.1. The minimum absolute atomic E-state index is 0.128. The van der Waals surface area contributed by atoms with E-state index < -0.39 is 5.97 Å². The molecular formula is C15H13N3O3. The summed E-state index contributed by atoms with van der Waals surface area (Å²) < 4.78 is 3.11. The zero-order valence-electron chi connectivity index (χ0n) is 11.4. The molecule has 0 radical (unpaired) electrons. The summed E-state index contributed by atoms with van der Waals surface area (Å²) in [6.45, 7) is 2.23. The van der Waals surface area contributed by atoms with Gasteiger partial charge in [0, 0.05) is 12.4 Å². The third-order valence-electron chi connectivity index (χ3n) is 3.47. The lowest BCUT2D eigenvalue weighted by atomic mass is 10.1. The number of rotatable bonds is 3. The number of aromatic nitrogens is 3. The van der Waals surface area contributed by atoms with Crippen molar-refractivity contribution in [2.45, 2.75) is 13.5 Å². The van der Waals surface area contributed by atoms with Crippen molar-refractivity contribution >= 4 is 11.5 Å². The van der Waals surface area contributed by atoms with Gasteiger partial charge in [0.2, 0.25) is 0 Å². The molecular weight excluding hydrogens is 270 g/mol. The normalized spacial score (nSPS) is 10.9. The second-order valence-corrected chi connectivity index (χ2v) is 4.84. The molecule has 0 amide bonds. The average Bonchev–Trinajstić information content (AvgIpc) is 2.93. The van der Waals surface area contributed by atoms with E-state index >= 15 is 0 Å². The molecule has 0 aliphatic heterocycles. The summed E-state index contributed by atoms with van der Waals surface area (Å²) in [7, 11) is 0. The molecule has 6 nitrogen and oxygen atoms in total. The first-order valence-corrected chi connectivity index (χ1v) is 6.42. The number of nitrogens with zero attached hydrogens (tertiary/aromatic N) is 3. The highest BCUT2D eigenvalue weighted by atomic mass is 16.4. The van der Waals surface area contributed by atoms with Gasteiger partial charge in [-0.05, 0) is 36.2 Å². The van der Waals surface area contributed by atoms with Gasteiger partial charge in [-0.15, -0.1) is 0 Å². The maximum absolute atomic E-state index is 12.3. The van der Waals surface area contributed by atoms with E-state index in [1.54, 1.807) is 47.4 Å². The fourth-order valence-corrected chi connectivity index (χ4v) is 2.28. The van der Waals surface area contributed by atoms with Crippen molar-refractivity contribution in [1.29, 1.82) is 0 Å². The van der Waals surface area contributed by atoms with Crippen molar-refractivity contribution in [2.75, 3.05) is 0 Å². The van der Waals surface area contributed by atoms with Crippen LogP contribution in [-0.2, 0) is 6.54 Å². The highest BCUT2D eigenvalue weighted by molar-refractivity contribution is 5.87. The number of aromatic carboxylic acids is 1. The van der Waals surface area contributed by atoms with Crippen LogP contribution in [0.1, 0.15) is 21.5 Å². The van der Waals surface area contributed by atoms with E-state index in [1.165, 1.54) is 4.52 Å². The molecule has 0 bridgehead atoms. The Morgan fingerprint density at radius 2 is 2.10 bits per heavy atom. The SMILES string of the molecule is Cc1cc(C(=O)O)ccc1Cn1ccn2nccc2c1=O. The van der Waals surface area contributed by atoms with Gasteiger partial charge in [0.05, 0.1) is 18.3 Å². The van der Waals surface area contributed by atoms with Crippen LogP contribution in [0, 0.1) is 6.92 Å². The number of aryl methyl sites for hydroxylation is 1. The minimum atomic E-state index is -0.956. The molecule has 0 aliphatic rings. The topological polar surface area (TPSA) is 76.6 Å². The highest BCUT2D eigenvalue weighted by Gasteiger charge is 2.08. The Bertz CT molecular complexity index is 893. The molecule has 0 atom stereocenters. The third-order valence-corrected chi connectivity index (χ3v) is 3.47. The molecule has 0 spiro atoms. The molecule has 3 aromatic rings. The van der Waals surface area contributed by atoms with Crippen molar-refractivity contribution in [1.82, 2.24) is 14.2 Å². The molecule has 2 heterocycles. The van der Waals surface area contributed by atoms with Gasteiger partial charge in [-0.25, -0.2) is 9.31 Å². The molecule has 106 valence electrons. The van der Waals surface area contributed by atoms with E-state index in [4.69, 9.17) is 5.11 Å². The van der Waals surface area contributed by atoms with Gasteiger partial charge >= 0.3 is 5.97 Å². The molecule has 1 N–H and O–H groups in total. The van der Waals surface area contributed by atoms with Crippen LogP contribution in [0.3, 0.4) is 0 Å². The van der Waals surface area contributed by atoms with Crippen LogP contribution in [0.15, 0.2) is 47.7 Å². The Kier molecular flexibility index (Phi) is 3.06. The molecule has 1 aromatic carbocycles.